The number of nitrogens with zero attached hydrogens (tertiary/aromatic N) is 5. The van der Waals surface area contributed by atoms with Crippen LogP contribution in [-0.2, 0) is 23.1 Å². The summed E-state index contributed by atoms with van der Waals surface area (Å²) in [5.74, 6) is 1.04. The number of aromatic nitrogens is 4. The maximum Gasteiger partial charge on any atom is 0.236 e. The number of hydrogen-bond acceptors (Lipinski definition) is 8. The molecule has 0 radical (unpaired) electrons. The van der Waals surface area contributed by atoms with Crippen molar-refractivity contribution in [3.8, 4) is 11.3 Å². The molecule has 30 heavy (non-hydrogen) atoms. The monoisotopic (exact) mass is 444 g/mol. The summed E-state index contributed by atoms with van der Waals surface area (Å²) < 4.78 is 7.33. The quantitative estimate of drug-likeness (QED) is 0.561. The van der Waals surface area contributed by atoms with Crippen molar-refractivity contribution >= 4 is 34.1 Å². The zero-order valence-corrected chi connectivity index (χ0v) is 18.6. The molecule has 3 heterocycles. The Morgan fingerprint density at radius 1 is 1.23 bits per heavy atom. The minimum atomic E-state index is -0.109. The number of rotatable bonds is 7. The Morgan fingerprint density at radius 3 is 2.77 bits per heavy atom. The third kappa shape index (κ3) is 5.25. The van der Waals surface area contributed by atoms with E-state index in [4.69, 9.17) is 4.74 Å². The van der Waals surface area contributed by atoms with E-state index in [9.17, 15) is 4.79 Å². The largest absolute Gasteiger partial charge is 0.379 e. The predicted molar refractivity (Wildman–Crippen MR) is 119 cm³/mol. The molecular weight excluding hydrogens is 420 g/mol. The van der Waals surface area contributed by atoms with Crippen LogP contribution < -0.4 is 5.32 Å². The van der Waals surface area contributed by atoms with Gasteiger partial charge >= 0.3 is 0 Å². The topological polar surface area (TPSA) is 85.2 Å². The van der Waals surface area contributed by atoms with Crippen LogP contribution in [0, 0.1) is 6.92 Å². The summed E-state index contributed by atoms with van der Waals surface area (Å²) >= 11 is 2.80. The minimum absolute atomic E-state index is 0.109. The summed E-state index contributed by atoms with van der Waals surface area (Å²) in [5.41, 5.74) is 3.11. The molecule has 0 spiro atoms. The van der Waals surface area contributed by atoms with E-state index < -0.39 is 0 Å². The molecule has 1 amide bonds. The summed E-state index contributed by atoms with van der Waals surface area (Å²) in [6.45, 7) is 6.09. The number of benzene rings is 1. The fraction of sp³-hybridized carbons (Fsp3) is 0.400. The van der Waals surface area contributed by atoms with Crippen molar-refractivity contribution < 1.29 is 9.53 Å². The first-order valence-electron chi connectivity index (χ1n) is 9.72. The van der Waals surface area contributed by atoms with Crippen molar-refractivity contribution in [3.63, 3.8) is 0 Å². The molecule has 1 N–H and O–H groups in total. The van der Waals surface area contributed by atoms with E-state index in [1.54, 1.807) is 0 Å². The molecule has 10 heteroatoms. The number of anilines is 1. The molecule has 1 aliphatic rings. The van der Waals surface area contributed by atoms with Crippen LogP contribution in [0.2, 0.25) is 0 Å². The second kappa shape index (κ2) is 9.69. The van der Waals surface area contributed by atoms with Crippen LogP contribution in [0.3, 0.4) is 0 Å². The number of amides is 1. The highest BCUT2D eigenvalue weighted by molar-refractivity contribution is 7.99. The summed E-state index contributed by atoms with van der Waals surface area (Å²) in [4.78, 5) is 19.2. The zero-order valence-electron chi connectivity index (χ0n) is 17.0. The minimum Gasteiger partial charge on any atom is -0.379 e. The first-order chi connectivity index (χ1) is 14.6. The lowest BCUT2D eigenvalue weighted by Crippen LogP contribution is -2.36. The Bertz CT molecular complexity index is 995. The number of thioether (sulfide) groups is 1. The Morgan fingerprint density at radius 2 is 2.00 bits per heavy atom. The van der Waals surface area contributed by atoms with Crippen LogP contribution >= 0.6 is 23.1 Å². The van der Waals surface area contributed by atoms with Gasteiger partial charge in [-0.2, -0.15) is 0 Å². The van der Waals surface area contributed by atoms with E-state index >= 15 is 0 Å². The van der Waals surface area contributed by atoms with Crippen molar-refractivity contribution in [3.05, 3.63) is 41.0 Å². The van der Waals surface area contributed by atoms with E-state index in [2.05, 4.69) is 44.5 Å². The molecule has 0 bridgehead atoms. The average Bonchev–Trinajstić information content (AvgIpc) is 3.35. The van der Waals surface area contributed by atoms with Gasteiger partial charge in [-0.05, 0) is 6.92 Å². The van der Waals surface area contributed by atoms with Crippen LogP contribution in [0.4, 0.5) is 5.13 Å². The van der Waals surface area contributed by atoms with Gasteiger partial charge in [0.2, 0.25) is 5.91 Å². The van der Waals surface area contributed by atoms with Crippen LogP contribution in [0.1, 0.15) is 11.4 Å². The summed E-state index contributed by atoms with van der Waals surface area (Å²) in [6.07, 6.45) is 0. The van der Waals surface area contributed by atoms with Crippen LogP contribution in [0.25, 0.3) is 11.3 Å². The third-order valence-electron chi connectivity index (χ3n) is 4.82. The molecule has 1 fully saturated rings. The highest BCUT2D eigenvalue weighted by Crippen LogP contribution is 2.25. The van der Waals surface area contributed by atoms with Gasteiger partial charge in [-0.1, -0.05) is 41.6 Å². The van der Waals surface area contributed by atoms with Gasteiger partial charge in [0.1, 0.15) is 5.82 Å². The van der Waals surface area contributed by atoms with E-state index in [0.29, 0.717) is 5.13 Å². The van der Waals surface area contributed by atoms with Crippen LogP contribution in [-0.4, -0.2) is 62.6 Å². The number of thiazole rings is 1. The lowest BCUT2D eigenvalue weighted by Gasteiger charge is -2.25. The van der Waals surface area contributed by atoms with Gasteiger partial charge in [-0.25, -0.2) is 4.98 Å². The number of morpholine rings is 1. The van der Waals surface area contributed by atoms with Gasteiger partial charge in [-0.3, -0.25) is 9.69 Å². The molecule has 2 aromatic heterocycles. The molecule has 0 aliphatic carbocycles. The van der Waals surface area contributed by atoms with Crippen LogP contribution in [0.15, 0.2) is 34.8 Å². The Labute approximate surface area is 183 Å². The predicted octanol–water partition coefficient (Wildman–Crippen LogP) is 2.81. The Kier molecular flexibility index (Phi) is 6.78. The van der Waals surface area contributed by atoms with Crippen LogP contribution in [0.5, 0.6) is 0 Å². The highest BCUT2D eigenvalue weighted by atomic mass is 32.2. The Hall–Kier alpha value is -2.27. The first-order valence-corrected chi connectivity index (χ1v) is 11.6. The molecule has 8 nitrogen and oxygen atoms in total. The number of hydrogen-bond donors (Lipinski definition) is 1. The number of nitrogens with one attached hydrogen (secondary N) is 1. The van der Waals surface area contributed by atoms with Crippen molar-refractivity contribution in [1.29, 1.82) is 0 Å². The molecule has 1 aliphatic heterocycles. The normalized spacial score (nSPS) is 14.7. The second-order valence-corrected chi connectivity index (χ2v) is 8.89. The third-order valence-corrected chi connectivity index (χ3v) is 6.60. The standard InChI is InChI=1S/C20H24N6O2S2/c1-14-3-5-15(6-4-14)16-12-29-19(21-16)22-18(27)13-30-20-24-23-17(25(20)2)11-26-7-9-28-10-8-26/h3-6,12H,7-11,13H2,1-2H3,(H,21,22,27). The molecule has 0 saturated carbocycles. The maximum atomic E-state index is 12.4. The molecular formula is C20H24N6O2S2. The number of carbonyl (C=O) groups excluding carboxylic acids is 1. The SMILES string of the molecule is Cc1ccc(-c2csc(NC(=O)CSc3nnc(CN4CCOCC4)n3C)n2)cc1. The van der Waals surface area contributed by atoms with Gasteiger partial charge in [0.25, 0.3) is 0 Å². The lowest BCUT2D eigenvalue weighted by atomic mass is 10.1. The lowest BCUT2D eigenvalue weighted by molar-refractivity contribution is -0.113. The molecule has 1 aromatic carbocycles. The first kappa shape index (κ1) is 21.0. The molecule has 1 saturated heterocycles. The van der Waals surface area contributed by atoms with Gasteiger partial charge < -0.3 is 14.6 Å². The molecule has 3 aromatic rings. The van der Waals surface area contributed by atoms with Gasteiger partial charge in [0, 0.05) is 31.1 Å². The average molecular weight is 445 g/mol. The van der Waals surface area contributed by atoms with Crippen molar-refractivity contribution in [1.82, 2.24) is 24.6 Å². The number of aryl methyl sites for hydroxylation is 1. The Balaban J connectivity index is 1.29. The number of carbonyl (C=O) groups is 1. The van der Waals surface area contributed by atoms with E-state index in [1.165, 1.54) is 28.7 Å². The molecule has 0 unspecified atom stereocenters. The molecule has 0 atom stereocenters. The van der Waals surface area contributed by atoms with E-state index in [0.717, 1.165) is 55.1 Å². The molecule has 158 valence electrons. The van der Waals surface area contributed by atoms with Gasteiger partial charge in [0.15, 0.2) is 10.3 Å². The number of ether oxygens (including phenoxy) is 1. The zero-order chi connectivity index (χ0) is 20.9. The summed E-state index contributed by atoms with van der Waals surface area (Å²) in [5, 5.41) is 14.7. The van der Waals surface area contributed by atoms with E-state index in [-0.39, 0.29) is 11.7 Å². The van der Waals surface area contributed by atoms with Crippen molar-refractivity contribution in [2.24, 2.45) is 7.05 Å². The molecule has 4 rings (SSSR count). The van der Waals surface area contributed by atoms with Crippen molar-refractivity contribution in [2.75, 3.05) is 37.4 Å². The van der Waals surface area contributed by atoms with Gasteiger partial charge in [-0.15, -0.1) is 21.5 Å². The fourth-order valence-electron chi connectivity index (χ4n) is 3.04. The van der Waals surface area contributed by atoms with Gasteiger partial charge in [0.05, 0.1) is 31.2 Å². The van der Waals surface area contributed by atoms with Crippen molar-refractivity contribution in [2.45, 2.75) is 18.6 Å². The highest BCUT2D eigenvalue weighted by Gasteiger charge is 2.17. The van der Waals surface area contributed by atoms with E-state index in [1.807, 2.05) is 29.1 Å². The fourth-order valence-corrected chi connectivity index (χ4v) is 4.51. The second-order valence-electron chi connectivity index (χ2n) is 7.09. The summed E-state index contributed by atoms with van der Waals surface area (Å²) in [7, 11) is 1.94. The smallest absolute Gasteiger partial charge is 0.236 e. The summed E-state index contributed by atoms with van der Waals surface area (Å²) in [6, 6.07) is 8.18. The maximum absolute atomic E-state index is 12.4.